The SMILES string of the molecule is CC(C)S(=O)(=O)c1cccc(-c2ccc(-c3cc(C(F)(F)F)nn3-c3cc(Cl)ccc3Cl)s2)c1. The maximum Gasteiger partial charge on any atom is 0.435 e. The van der Waals surface area contributed by atoms with Crippen molar-refractivity contribution in [2.45, 2.75) is 30.2 Å². The zero-order valence-corrected chi connectivity index (χ0v) is 20.9. The number of hydrogen-bond donors (Lipinski definition) is 0. The summed E-state index contributed by atoms with van der Waals surface area (Å²) in [5.74, 6) is 0. The minimum atomic E-state index is -4.66. The van der Waals surface area contributed by atoms with Crippen molar-refractivity contribution < 1.29 is 21.6 Å². The molecule has 0 bridgehead atoms. The summed E-state index contributed by atoms with van der Waals surface area (Å²) in [4.78, 5) is 1.37. The Morgan fingerprint density at radius 3 is 2.35 bits per heavy atom. The van der Waals surface area contributed by atoms with Crippen LogP contribution < -0.4 is 0 Å². The first-order valence-corrected chi connectivity index (χ1v) is 13.1. The van der Waals surface area contributed by atoms with Crippen molar-refractivity contribution in [3.05, 3.63) is 76.4 Å². The summed E-state index contributed by atoms with van der Waals surface area (Å²) in [5.41, 5.74) is -0.0438. The van der Waals surface area contributed by atoms with Crippen molar-refractivity contribution in [2.24, 2.45) is 0 Å². The van der Waals surface area contributed by atoms with Gasteiger partial charge >= 0.3 is 6.18 Å². The van der Waals surface area contributed by atoms with Crippen LogP contribution in [0.3, 0.4) is 0 Å². The molecule has 0 aliphatic heterocycles. The molecule has 0 saturated carbocycles. The summed E-state index contributed by atoms with van der Waals surface area (Å²) in [6, 6.07) is 15.3. The summed E-state index contributed by atoms with van der Waals surface area (Å²) in [6.07, 6.45) is -4.66. The van der Waals surface area contributed by atoms with E-state index in [1.807, 2.05) is 0 Å². The minimum absolute atomic E-state index is 0.179. The van der Waals surface area contributed by atoms with Gasteiger partial charge in [0.05, 0.1) is 31.4 Å². The highest BCUT2D eigenvalue weighted by molar-refractivity contribution is 7.92. The molecule has 2 aromatic heterocycles. The number of thiophene rings is 1. The van der Waals surface area contributed by atoms with E-state index in [0.29, 0.717) is 20.3 Å². The third-order valence-corrected chi connectivity index (χ3v) is 8.93. The topological polar surface area (TPSA) is 52.0 Å². The molecule has 0 aliphatic rings. The first kappa shape index (κ1) is 24.8. The van der Waals surface area contributed by atoms with Crippen LogP contribution in [-0.4, -0.2) is 23.4 Å². The number of sulfone groups is 1. The molecule has 34 heavy (non-hydrogen) atoms. The zero-order valence-electron chi connectivity index (χ0n) is 17.8. The molecule has 4 rings (SSSR count). The summed E-state index contributed by atoms with van der Waals surface area (Å²) >= 11 is 13.5. The molecule has 4 nitrogen and oxygen atoms in total. The second-order valence-electron chi connectivity index (χ2n) is 7.71. The quantitative estimate of drug-likeness (QED) is 0.257. The van der Waals surface area contributed by atoms with Gasteiger partial charge in [0.15, 0.2) is 15.5 Å². The Kier molecular flexibility index (Phi) is 6.58. The molecule has 11 heteroatoms. The van der Waals surface area contributed by atoms with Crippen molar-refractivity contribution in [3.63, 3.8) is 0 Å². The molecule has 0 saturated heterocycles. The van der Waals surface area contributed by atoms with Crippen LogP contribution in [0.15, 0.2) is 65.6 Å². The Labute approximate surface area is 208 Å². The van der Waals surface area contributed by atoms with Crippen LogP contribution in [0.4, 0.5) is 13.2 Å². The van der Waals surface area contributed by atoms with Crippen LogP contribution in [0, 0.1) is 0 Å². The van der Waals surface area contributed by atoms with Crippen molar-refractivity contribution in [3.8, 4) is 26.7 Å². The van der Waals surface area contributed by atoms with Crippen LogP contribution in [0.2, 0.25) is 10.0 Å². The highest BCUT2D eigenvalue weighted by atomic mass is 35.5. The van der Waals surface area contributed by atoms with Gasteiger partial charge in [-0.2, -0.15) is 18.3 Å². The number of rotatable bonds is 5. The zero-order chi connectivity index (χ0) is 24.8. The summed E-state index contributed by atoms with van der Waals surface area (Å²) in [6.45, 7) is 3.21. The van der Waals surface area contributed by atoms with Gasteiger partial charge in [-0.05, 0) is 67.9 Å². The number of alkyl halides is 3. The lowest BCUT2D eigenvalue weighted by Crippen LogP contribution is -2.13. The van der Waals surface area contributed by atoms with Crippen LogP contribution in [0.25, 0.3) is 26.7 Å². The summed E-state index contributed by atoms with van der Waals surface area (Å²) in [7, 11) is -3.48. The Morgan fingerprint density at radius 2 is 1.68 bits per heavy atom. The molecule has 2 heterocycles. The van der Waals surface area contributed by atoms with E-state index in [9.17, 15) is 21.6 Å². The molecule has 0 aliphatic carbocycles. The molecule has 0 spiro atoms. The van der Waals surface area contributed by atoms with Gasteiger partial charge in [0.1, 0.15) is 0 Å². The molecular weight excluding hydrogens is 528 g/mol. The molecule has 0 amide bonds. The fourth-order valence-electron chi connectivity index (χ4n) is 3.26. The average Bonchev–Trinajstić information content (AvgIpc) is 3.42. The molecule has 178 valence electrons. The van der Waals surface area contributed by atoms with Gasteiger partial charge in [-0.25, -0.2) is 13.1 Å². The first-order chi connectivity index (χ1) is 15.9. The van der Waals surface area contributed by atoms with Crippen molar-refractivity contribution in [1.82, 2.24) is 9.78 Å². The number of nitrogens with zero attached hydrogens (tertiary/aromatic N) is 2. The summed E-state index contributed by atoms with van der Waals surface area (Å²) < 4.78 is 66.7. The monoisotopic (exact) mass is 544 g/mol. The summed E-state index contributed by atoms with van der Waals surface area (Å²) in [5, 5.41) is 3.65. The standard InChI is InChI=1S/C23H17Cl2F3N2O2S2/c1-13(2)34(31,32)16-5-3-4-14(10-16)20-8-9-21(33-20)19-12-22(23(26,27)28)29-30(19)18-11-15(24)6-7-17(18)25/h3-13H,1-2H3. The van der Waals surface area contributed by atoms with Gasteiger partial charge in [0.25, 0.3) is 0 Å². The largest absolute Gasteiger partial charge is 0.435 e. The highest BCUT2D eigenvalue weighted by Gasteiger charge is 2.35. The Balaban J connectivity index is 1.83. The van der Waals surface area contributed by atoms with E-state index in [2.05, 4.69) is 5.10 Å². The molecule has 0 fully saturated rings. The van der Waals surface area contributed by atoms with Gasteiger partial charge < -0.3 is 0 Å². The number of aromatic nitrogens is 2. The maximum atomic E-state index is 13.5. The highest BCUT2D eigenvalue weighted by Crippen LogP contribution is 2.40. The molecule has 0 atom stereocenters. The fraction of sp³-hybridized carbons (Fsp3) is 0.174. The third-order valence-electron chi connectivity index (χ3n) is 5.06. The van der Waals surface area contributed by atoms with Crippen LogP contribution >= 0.6 is 34.5 Å². The Hall–Kier alpha value is -2.33. The van der Waals surface area contributed by atoms with Gasteiger partial charge in [-0.3, -0.25) is 0 Å². The number of halogens is 5. The molecular formula is C23H17Cl2F3N2O2S2. The first-order valence-electron chi connectivity index (χ1n) is 9.95. The minimum Gasteiger partial charge on any atom is -0.230 e. The fourth-order valence-corrected chi connectivity index (χ4v) is 5.73. The lowest BCUT2D eigenvalue weighted by Gasteiger charge is -2.09. The predicted molar refractivity (Wildman–Crippen MR) is 130 cm³/mol. The second kappa shape index (κ2) is 9.03. The van der Waals surface area contributed by atoms with Crippen molar-refractivity contribution >= 4 is 44.4 Å². The lowest BCUT2D eigenvalue weighted by atomic mass is 10.2. The van der Waals surface area contributed by atoms with Crippen LogP contribution in [0.5, 0.6) is 0 Å². The van der Waals surface area contributed by atoms with E-state index in [4.69, 9.17) is 23.2 Å². The lowest BCUT2D eigenvalue weighted by molar-refractivity contribution is -0.141. The predicted octanol–water partition coefficient (Wildman–Crippen LogP) is 7.78. The number of benzene rings is 2. The van der Waals surface area contributed by atoms with E-state index in [1.165, 1.54) is 35.6 Å². The normalized spacial score (nSPS) is 12.5. The average molecular weight is 545 g/mol. The smallest absolute Gasteiger partial charge is 0.230 e. The Bertz CT molecular complexity index is 1480. The maximum absolute atomic E-state index is 13.5. The van der Waals surface area contributed by atoms with E-state index in [1.54, 1.807) is 44.2 Å². The molecule has 0 radical (unpaired) electrons. The number of hydrogen-bond acceptors (Lipinski definition) is 4. The molecule has 2 aromatic carbocycles. The van der Waals surface area contributed by atoms with Crippen LogP contribution in [0.1, 0.15) is 19.5 Å². The second-order valence-corrected chi connectivity index (χ2v) is 12.1. The molecule has 4 aromatic rings. The van der Waals surface area contributed by atoms with Crippen molar-refractivity contribution in [2.75, 3.05) is 0 Å². The van der Waals surface area contributed by atoms with Gasteiger partial charge in [0.2, 0.25) is 0 Å². The van der Waals surface area contributed by atoms with Gasteiger partial charge in [-0.15, -0.1) is 11.3 Å². The van der Waals surface area contributed by atoms with E-state index in [0.717, 1.165) is 10.7 Å². The third kappa shape index (κ3) is 4.75. The van der Waals surface area contributed by atoms with E-state index in [-0.39, 0.29) is 21.3 Å². The van der Waals surface area contributed by atoms with Crippen LogP contribution in [-0.2, 0) is 16.0 Å². The Morgan fingerprint density at radius 1 is 0.971 bits per heavy atom. The van der Waals surface area contributed by atoms with Gasteiger partial charge in [-0.1, -0.05) is 35.3 Å². The van der Waals surface area contributed by atoms with E-state index >= 15 is 0 Å². The molecule has 0 N–H and O–H groups in total. The van der Waals surface area contributed by atoms with E-state index < -0.39 is 27.0 Å². The molecule has 0 unspecified atom stereocenters. The van der Waals surface area contributed by atoms with Crippen molar-refractivity contribution in [1.29, 1.82) is 0 Å². The van der Waals surface area contributed by atoms with Gasteiger partial charge in [0, 0.05) is 9.90 Å².